The molecule has 1 heterocycles. The molecular formula is C21H19ClN2O5. The molecule has 2 aromatic rings. The van der Waals surface area contributed by atoms with Crippen LogP contribution in [0.4, 0.5) is 5.69 Å². The number of esters is 1. The quantitative estimate of drug-likeness (QED) is 0.576. The summed E-state index contributed by atoms with van der Waals surface area (Å²) in [4.78, 5) is 50.4. The van der Waals surface area contributed by atoms with Gasteiger partial charge in [0.15, 0.2) is 6.61 Å². The maximum absolute atomic E-state index is 12.6. The minimum atomic E-state index is -0.767. The van der Waals surface area contributed by atoms with Gasteiger partial charge in [0.25, 0.3) is 17.7 Å². The number of ether oxygens (including phenoxy) is 1. The van der Waals surface area contributed by atoms with Crippen molar-refractivity contribution in [3.8, 4) is 0 Å². The molecule has 0 saturated carbocycles. The SMILES string of the molecule is CC[C@H](C)N1C(=O)c2ccc(C(=O)OCC(=O)Nc3cccc(Cl)c3)cc2C1=O. The summed E-state index contributed by atoms with van der Waals surface area (Å²) < 4.78 is 5.02. The minimum absolute atomic E-state index is 0.0893. The van der Waals surface area contributed by atoms with Gasteiger partial charge in [-0.15, -0.1) is 0 Å². The summed E-state index contributed by atoms with van der Waals surface area (Å²) >= 11 is 5.85. The summed E-state index contributed by atoms with van der Waals surface area (Å²) in [5, 5.41) is 3.02. The van der Waals surface area contributed by atoms with Gasteiger partial charge >= 0.3 is 5.97 Å². The fraction of sp³-hybridized carbons (Fsp3) is 0.238. The smallest absolute Gasteiger partial charge is 0.338 e. The fourth-order valence-electron chi connectivity index (χ4n) is 2.95. The number of benzene rings is 2. The Labute approximate surface area is 172 Å². The van der Waals surface area contributed by atoms with Crippen molar-refractivity contribution in [3.63, 3.8) is 0 Å². The lowest BCUT2D eigenvalue weighted by atomic mass is 10.1. The van der Waals surface area contributed by atoms with Crippen LogP contribution >= 0.6 is 11.6 Å². The van der Waals surface area contributed by atoms with E-state index in [1.807, 2.05) is 6.92 Å². The third-order valence-electron chi connectivity index (χ3n) is 4.63. The molecule has 2 aromatic carbocycles. The summed E-state index contributed by atoms with van der Waals surface area (Å²) in [6, 6.07) is 10.5. The molecule has 150 valence electrons. The number of hydrogen-bond donors (Lipinski definition) is 1. The van der Waals surface area contributed by atoms with Gasteiger partial charge in [0.1, 0.15) is 0 Å². The zero-order valence-corrected chi connectivity index (χ0v) is 16.7. The maximum atomic E-state index is 12.6. The van der Waals surface area contributed by atoms with E-state index in [1.54, 1.807) is 31.2 Å². The monoisotopic (exact) mass is 414 g/mol. The second kappa shape index (κ2) is 8.45. The zero-order chi connectivity index (χ0) is 21.1. The second-order valence-corrected chi connectivity index (χ2v) is 7.07. The first-order valence-corrected chi connectivity index (χ1v) is 9.44. The average molecular weight is 415 g/mol. The molecular weight excluding hydrogens is 396 g/mol. The molecule has 0 radical (unpaired) electrons. The van der Waals surface area contributed by atoms with E-state index in [9.17, 15) is 19.2 Å². The van der Waals surface area contributed by atoms with Crippen molar-refractivity contribution in [2.24, 2.45) is 0 Å². The van der Waals surface area contributed by atoms with Crippen molar-refractivity contribution in [2.45, 2.75) is 26.3 Å². The molecule has 3 amide bonds. The van der Waals surface area contributed by atoms with E-state index < -0.39 is 24.4 Å². The maximum Gasteiger partial charge on any atom is 0.338 e. The van der Waals surface area contributed by atoms with Crippen LogP contribution in [0.25, 0.3) is 0 Å². The third kappa shape index (κ3) is 4.30. The number of amides is 3. The normalized spacial score (nSPS) is 13.8. The number of carbonyl (C=O) groups is 4. The van der Waals surface area contributed by atoms with Gasteiger partial charge in [0, 0.05) is 16.8 Å². The van der Waals surface area contributed by atoms with E-state index >= 15 is 0 Å². The van der Waals surface area contributed by atoms with E-state index in [0.717, 1.165) is 0 Å². The number of anilines is 1. The molecule has 29 heavy (non-hydrogen) atoms. The van der Waals surface area contributed by atoms with Crippen LogP contribution in [0.5, 0.6) is 0 Å². The largest absolute Gasteiger partial charge is 0.452 e. The molecule has 1 aliphatic rings. The molecule has 0 fully saturated rings. The van der Waals surface area contributed by atoms with Crippen LogP contribution in [0, 0.1) is 0 Å². The number of fused-ring (bicyclic) bond motifs is 1. The standard InChI is InChI=1S/C21H19ClN2O5/c1-3-12(2)24-19(26)16-8-7-13(9-17(16)20(24)27)21(28)29-11-18(25)23-15-6-4-5-14(22)10-15/h4-10,12H,3,11H2,1-2H3,(H,23,25)/t12-/m0/s1. The number of halogens is 1. The van der Waals surface area contributed by atoms with Crippen LogP contribution in [-0.2, 0) is 9.53 Å². The molecule has 0 aliphatic carbocycles. The summed E-state index contributed by atoms with van der Waals surface area (Å²) in [6.45, 7) is 3.16. The van der Waals surface area contributed by atoms with E-state index in [-0.39, 0.29) is 28.6 Å². The van der Waals surface area contributed by atoms with Crippen molar-refractivity contribution >= 4 is 41.0 Å². The molecule has 1 atom stereocenters. The van der Waals surface area contributed by atoms with Gasteiger partial charge in [-0.3, -0.25) is 19.3 Å². The lowest BCUT2D eigenvalue weighted by Crippen LogP contribution is -2.37. The summed E-state index contributed by atoms with van der Waals surface area (Å²) in [5.74, 6) is -2.11. The van der Waals surface area contributed by atoms with Gasteiger partial charge < -0.3 is 10.1 Å². The van der Waals surface area contributed by atoms with Crippen molar-refractivity contribution < 1.29 is 23.9 Å². The van der Waals surface area contributed by atoms with E-state index in [4.69, 9.17) is 16.3 Å². The highest BCUT2D eigenvalue weighted by Crippen LogP contribution is 2.27. The Morgan fingerprint density at radius 2 is 1.83 bits per heavy atom. The van der Waals surface area contributed by atoms with Crippen LogP contribution in [0.1, 0.15) is 51.3 Å². The molecule has 0 unspecified atom stereocenters. The lowest BCUT2D eigenvalue weighted by Gasteiger charge is -2.20. The van der Waals surface area contributed by atoms with Gasteiger partial charge in [0.2, 0.25) is 0 Å². The van der Waals surface area contributed by atoms with Crippen LogP contribution in [0.2, 0.25) is 5.02 Å². The fourth-order valence-corrected chi connectivity index (χ4v) is 3.14. The van der Waals surface area contributed by atoms with Gasteiger partial charge in [-0.2, -0.15) is 0 Å². The minimum Gasteiger partial charge on any atom is -0.452 e. The number of carbonyl (C=O) groups excluding carboxylic acids is 4. The Balaban J connectivity index is 1.66. The molecule has 1 N–H and O–H groups in total. The van der Waals surface area contributed by atoms with Gasteiger partial charge in [-0.1, -0.05) is 24.6 Å². The first-order valence-electron chi connectivity index (χ1n) is 9.06. The Morgan fingerprint density at radius 3 is 2.52 bits per heavy atom. The summed E-state index contributed by atoms with van der Waals surface area (Å²) in [6.07, 6.45) is 0.627. The molecule has 0 spiro atoms. The lowest BCUT2D eigenvalue weighted by molar-refractivity contribution is -0.119. The van der Waals surface area contributed by atoms with Crippen molar-refractivity contribution in [1.82, 2.24) is 4.90 Å². The van der Waals surface area contributed by atoms with E-state index in [2.05, 4.69) is 5.32 Å². The zero-order valence-electron chi connectivity index (χ0n) is 15.9. The molecule has 1 aliphatic heterocycles. The molecule has 3 rings (SSSR count). The molecule has 0 saturated heterocycles. The Hall–Kier alpha value is -3.19. The van der Waals surface area contributed by atoms with E-state index in [0.29, 0.717) is 17.1 Å². The van der Waals surface area contributed by atoms with E-state index in [1.165, 1.54) is 23.1 Å². The molecule has 8 heteroatoms. The van der Waals surface area contributed by atoms with Crippen LogP contribution in [-0.4, -0.2) is 41.2 Å². The second-order valence-electron chi connectivity index (χ2n) is 6.63. The molecule has 0 aromatic heterocycles. The van der Waals surface area contributed by atoms with Crippen LogP contribution < -0.4 is 5.32 Å². The third-order valence-corrected chi connectivity index (χ3v) is 4.86. The van der Waals surface area contributed by atoms with Gasteiger partial charge in [-0.25, -0.2) is 4.79 Å². The molecule has 0 bridgehead atoms. The van der Waals surface area contributed by atoms with Crippen LogP contribution in [0.15, 0.2) is 42.5 Å². The first kappa shape index (κ1) is 20.5. The molecule has 7 nitrogen and oxygen atoms in total. The number of nitrogens with zero attached hydrogens (tertiary/aromatic N) is 1. The van der Waals surface area contributed by atoms with Crippen molar-refractivity contribution in [1.29, 1.82) is 0 Å². The van der Waals surface area contributed by atoms with Gasteiger partial charge in [-0.05, 0) is 49.7 Å². The van der Waals surface area contributed by atoms with Crippen molar-refractivity contribution in [3.05, 3.63) is 64.2 Å². The topological polar surface area (TPSA) is 92.8 Å². The highest BCUT2D eigenvalue weighted by molar-refractivity contribution is 6.30. The average Bonchev–Trinajstić information content (AvgIpc) is 2.95. The Morgan fingerprint density at radius 1 is 1.10 bits per heavy atom. The number of hydrogen-bond acceptors (Lipinski definition) is 5. The van der Waals surface area contributed by atoms with Crippen LogP contribution in [0.3, 0.4) is 0 Å². The number of imide groups is 1. The number of nitrogens with one attached hydrogen (secondary N) is 1. The Bertz CT molecular complexity index is 1000. The van der Waals surface area contributed by atoms with Crippen molar-refractivity contribution in [2.75, 3.05) is 11.9 Å². The summed E-state index contributed by atoms with van der Waals surface area (Å²) in [5.41, 5.74) is 0.982. The number of rotatable bonds is 6. The Kier molecular flexibility index (Phi) is 5.98. The first-order chi connectivity index (χ1) is 13.8. The highest BCUT2D eigenvalue weighted by Gasteiger charge is 2.38. The summed E-state index contributed by atoms with van der Waals surface area (Å²) in [7, 11) is 0. The predicted octanol–water partition coefficient (Wildman–Crippen LogP) is 3.53. The highest BCUT2D eigenvalue weighted by atomic mass is 35.5. The predicted molar refractivity (Wildman–Crippen MR) is 107 cm³/mol. The van der Waals surface area contributed by atoms with Gasteiger partial charge in [0.05, 0.1) is 16.7 Å².